The molecule has 1 unspecified atom stereocenters. The minimum Gasteiger partial charge on any atom is -0.315 e. The molecule has 0 bridgehead atoms. The molecule has 94 valence electrons. The maximum absolute atomic E-state index is 3.48. The number of hydrogen-bond acceptors (Lipinski definition) is 2. The van der Waals surface area contributed by atoms with Gasteiger partial charge in [0.15, 0.2) is 0 Å². The van der Waals surface area contributed by atoms with E-state index in [2.05, 4.69) is 48.3 Å². The molecule has 17 heavy (non-hydrogen) atoms. The number of hydrogen-bond donors (Lipinski definition) is 1. The highest BCUT2D eigenvalue weighted by Crippen LogP contribution is 2.25. The highest BCUT2D eigenvalue weighted by atomic mass is 15.2. The summed E-state index contributed by atoms with van der Waals surface area (Å²) in [5.41, 5.74) is 2.85. The lowest BCUT2D eigenvalue weighted by Crippen LogP contribution is -2.32. The minimum atomic E-state index is 0.592. The molecule has 1 aliphatic heterocycles. The summed E-state index contributed by atoms with van der Waals surface area (Å²) >= 11 is 0. The zero-order chi connectivity index (χ0) is 12.1. The molecule has 0 radical (unpaired) electrons. The van der Waals surface area contributed by atoms with Crippen molar-refractivity contribution in [2.45, 2.75) is 32.7 Å². The molecule has 1 aromatic carbocycles. The fourth-order valence-electron chi connectivity index (χ4n) is 2.76. The van der Waals surface area contributed by atoms with Crippen LogP contribution in [0, 0.1) is 6.92 Å². The first-order valence-electron chi connectivity index (χ1n) is 6.82. The number of aryl methyl sites for hydroxylation is 1. The summed E-state index contributed by atoms with van der Waals surface area (Å²) in [5, 5.41) is 3.48. The molecule has 1 saturated heterocycles. The Morgan fingerprint density at radius 2 is 2.18 bits per heavy atom. The number of rotatable bonds is 3. The average molecular weight is 232 g/mol. The van der Waals surface area contributed by atoms with Gasteiger partial charge < -0.3 is 5.32 Å². The third kappa shape index (κ3) is 3.30. The van der Waals surface area contributed by atoms with Crippen LogP contribution in [0.2, 0.25) is 0 Å². The van der Waals surface area contributed by atoms with Crippen molar-refractivity contribution in [1.82, 2.24) is 10.2 Å². The second-order valence-corrected chi connectivity index (χ2v) is 4.98. The summed E-state index contributed by atoms with van der Waals surface area (Å²) in [6.07, 6.45) is 2.46. The summed E-state index contributed by atoms with van der Waals surface area (Å²) in [6.45, 7) is 9.17. The van der Waals surface area contributed by atoms with E-state index in [1.807, 2.05) is 0 Å². The lowest BCUT2D eigenvalue weighted by molar-refractivity contribution is 0.205. The van der Waals surface area contributed by atoms with E-state index in [0.717, 1.165) is 6.54 Å². The van der Waals surface area contributed by atoms with Gasteiger partial charge in [-0.05, 0) is 31.9 Å². The summed E-state index contributed by atoms with van der Waals surface area (Å²) in [4.78, 5) is 2.63. The summed E-state index contributed by atoms with van der Waals surface area (Å²) < 4.78 is 0. The summed E-state index contributed by atoms with van der Waals surface area (Å²) in [7, 11) is 0. The molecule has 1 atom stereocenters. The Hall–Kier alpha value is -0.860. The van der Waals surface area contributed by atoms with Crippen molar-refractivity contribution in [3.63, 3.8) is 0 Å². The van der Waals surface area contributed by atoms with Crippen molar-refractivity contribution in [3.8, 4) is 0 Å². The van der Waals surface area contributed by atoms with Gasteiger partial charge in [-0.2, -0.15) is 0 Å². The van der Waals surface area contributed by atoms with Crippen LogP contribution in [0.25, 0.3) is 0 Å². The van der Waals surface area contributed by atoms with Crippen LogP contribution in [0.4, 0.5) is 0 Å². The fourth-order valence-corrected chi connectivity index (χ4v) is 2.76. The van der Waals surface area contributed by atoms with E-state index >= 15 is 0 Å². The van der Waals surface area contributed by atoms with Crippen molar-refractivity contribution in [2.75, 3.05) is 26.2 Å². The van der Waals surface area contributed by atoms with E-state index in [1.54, 1.807) is 0 Å². The zero-order valence-electron chi connectivity index (χ0n) is 11.1. The lowest BCUT2D eigenvalue weighted by Gasteiger charge is -2.30. The molecule has 0 aromatic heterocycles. The van der Waals surface area contributed by atoms with Gasteiger partial charge in [-0.25, -0.2) is 0 Å². The molecule has 1 fully saturated rings. The first kappa shape index (κ1) is 12.6. The van der Waals surface area contributed by atoms with Crippen LogP contribution in [0.3, 0.4) is 0 Å². The molecular formula is C15H24N2. The van der Waals surface area contributed by atoms with Crippen LogP contribution >= 0.6 is 0 Å². The third-order valence-corrected chi connectivity index (χ3v) is 3.63. The van der Waals surface area contributed by atoms with Gasteiger partial charge in [0.1, 0.15) is 0 Å². The highest BCUT2D eigenvalue weighted by Gasteiger charge is 2.19. The molecule has 1 aromatic rings. The first-order chi connectivity index (χ1) is 8.31. The normalized spacial score (nSPS) is 19.9. The molecule has 2 nitrogen and oxygen atoms in total. The predicted molar refractivity (Wildman–Crippen MR) is 73.3 cm³/mol. The molecule has 1 aliphatic rings. The summed E-state index contributed by atoms with van der Waals surface area (Å²) in [5.74, 6) is 0. The predicted octanol–water partition coefficient (Wildman–Crippen LogP) is 2.74. The Bertz CT molecular complexity index is 341. The van der Waals surface area contributed by atoms with E-state index in [1.165, 1.54) is 43.6 Å². The second kappa shape index (κ2) is 6.18. The maximum atomic E-state index is 3.48. The van der Waals surface area contributed by atoms with Crippen molar-refractivity contribution in [3.05, 3.63) is 35.4 Å². The quantitative estimate of drug-likeness (QED) is 0.862. The molecule has 1 N–H and O–H groups in total. The van der Waals surface area contributed by atoms with Gasteiger partial charge in [-0.1, -0.05) is 36.8 Å². The Kier molecular flexibility index (Phi) is 4.57. The second-order valence-electron chi connectivity index (χ2n) is 4.98. The lowest BCUT2D eigenvalue weighted by atomic mass is 10.0. The molecular weight excluding hydrogens is 208 g/mol. The Morgan fingerprint density at radius 3 is 2.94 bits per heavy atom. The number of nitrogens with one attached hydrogen (secondary N) is 1. The molecule has 0 spiro atoms. The Labute approximate surface area is 105 Å². The summed E-state index contributed by atoms with van der Waals surface area (Å²) in [6, 6.07) is 9.57. The van der Waals surface area contributed by atoms with E-state index in [9.17, 15) is 0 Å². The van der Waals surface area contributed by atoms with Gasteiger partial charge in [0.2, 0.25) is 0 Å². The van der Waals surface area contributed by atoms with Crippen molar-refractivity contribution < 1.29 is 0 Å². The molecule has 1 heterocycles. The van der Waals surface area contributed by atoms with E-state index in [4.69, 9.17) is 0 Å². The van der Waals surface area contributed by atoms with Crippen LogP contribution < -0.4 is 5.32 Å². The topological polar surface area (TPSA) is 15.3 Å². The highest BCUT2D eigenvalue weighted by molar-refractivity contribution is 5.25. The Morgan fingerprint density at radius 1 is 1.29 bits per heavy atom. The van der Waals surface area contributed by atoms with Crippen LogP contribution in [0.5, 0.6) is 0 Å². The third-order valence-electron chi connectivity index (χ3n) is 3.63. The van der Waals surface area contributed by atoms with Crippen molar-refractivity contribution in [1.29, 1.82) is 0 Å². The van der Waals surface area contributed by atoms with Crippen LogP contribution in [0.1, 0.15) is 36.9 Å². The molecule has 0 amide bonds. The maximum Gasteiger partial charge on any atom is 0.0346 e. The van der Waals surface area contributed by atoms with Crippen LogP contribution in [0.15, 0.2) is 24.3 Å². The van der Waals surface area contributed by atoms with Gasteiger partial charge >= 0.3 is 0 Å². The van der Waals surface area contributed by atoms with Gasteiger partial charge in [0.25, 0.3) is 0 Å². The molecule has 2 heteroatoms. The van der Waals surface area contributed by atoms with E-state index < -0.39 is 0 Å². The van der Waals surface area contributed by atoms with Gasteiger partial charge in [0, 0.05) is 25.7 Å². The Balaban J connectivity index is 2.14. The van der Waals surface area contributed by atoms with Crippen molar-refractivity contribution >= 4 is 0 Å². The van der Waals surface area contributed by atoms with Crippen LogP contribution in [-0.4, -0.2) is 31.1 Å². The average Bonchev–Trinajstić information content (AvgIpc) is 2.59. The number of benzene rings is 1. The number of nitrogens with zero attached hydrogens (tertiary/aromatic N) is 1. The van der Waals surface area contributed by atoms with Gasteiger partial charge in [-0.15, -0.1) is 0 Å². The minimum absolute atomic E-state index is 0.592. The van der Waals surface area contributed by atoms with Gasteiger partial charge in [0.05, 0.1) is 0 Å². The van der Waals surface area contributed by atoms with Gasteiger partial charge in [-0.3, -0.25) is 4.90 Å². The van der Waals surface area contributed by atoms with E-state index in [0.29, 0.717) is 6.04 Å². The molecule has 2 rings (SSSR count). The molecule has 0 saturated carbocycles. The van der Waals surface area contributed by atoms with E-state index in [-0.39, 0.29) is 0 Å². The van der Waals surface area contributed by atoms with Crippen molar-refractivity contribution in [2.24, 2.45) is 0 Å². The SMILES string of the molecule is CCC(c1cccc(C)c1)N1CCCNCC1. The molecule has 0 aliphatic carbocycles. The zero-order valence-corrected chi connectivity index (χ0v) is 11.1. The largest absolute Gasteiger partial charge is 0.315 e. The fraction of sp³-hybridized carbons (Fsp3) is 0.600. The smallest absolute Gasteiger partial charge is 0.0346 e. The monoisotopic (exact) mass is 232 g/mol. The first-order valence-corrected chi connectivity index (χ1v) is 6.82. The van der Waals surface area contributed by atoms with Crippen LogP contribution in [-0.2, 0) is 0 Å². The standard InChI is InChI=1S/C15H24N2/c1-3-15(14-7-4-6-13(2)12-14)17-10-5-8-16-9-11-17/h4,6-7,12,15-16H,3,5,8-11H2,1-2H3.